The number of anilines is 1. The summed E-state index contributed by atoms with van der Waals surface area (Å²) in [7, 11) is -4.33. The molecular formula is C23H21F2N5O2S. The Morgan fingerprint density at radius 3 is 2.79 bits per heavy atom. The molecule has 0 aliphatic heterocycles. The molecule has 3 N–H and O–H groups in total. The minimum absolute atomic E-state index is 0.110. The molecule has 0 amide bonds. The third-order valence-corrected chi connectivity index (χ3v) is 7.25. The van der Waals surface area contributed by atoms with Crippen LogP contribution in [-0.4, -0.2) is 29.2 Å². The highest BCUT2D eigenvalue weighted by Crippen LogP contribution is 2.28. The number of nitrogens with one attached hydrogen (secondary N) is 1. The molecule has 1 aliphatic rings. The van der Waals surface area contributed by atoms with E-state index in [-0.39, 0.29) is 11.9 Å². The molecule has 0 saturated heterocycles. The van der Waals surface area contributed by atoms with Crippen LogP contribution in [0, 0.1) is 11.8 Å². The van der Waals surface area contributed by atoms with Gasteiger partial charge in [0.1, 0.15) is 16.5 Å². The normalized spacial score (nSPS) is 16.0. The Balaban J connectivity index is 1.48. The summed E-state index contributed by atoms with van der Waals surface area (Å²) < 4.78 is 57.4. The molecule has 10 heteroatoms. The quantitative estimate of drug-likeness (QED) is 0.436. The standard InChI is InChI=1S/C23H21F2N5O2S/c24-19-11-20-16(9-21(19)33(31,32)29-23-6-2-5-22(25)28-23)12-27-30(20)13-15-4-1-3-14-7-8-17(26)10-18(14)15/h1-6,9,11-12,17H,7-8,10,13,26H2,(H,28,29)/t17-/m0/s1. The first kappa shape index (κ1) is 21.5. The molecule has 5 rings (SSSR count). The number of nitrogens with zero attached hydrogens (tertiary/aromatic N) is 3. The Bertz CT molecular complexity index is 1470. The number of pyridine rings is 1. The van der Waals surface area contributed by atoms with Crippen molar-refractivity contribution in [1.82, 2.24) is 14.8 Å². The van der Waals surface area contributed by atoms with E-state index >= 15 is 0 Å². The second-order valence-corrected chi connectivity index (χ2v) is 9.80. The third kappa shape index (κ3) is 4.19. The molecule has 2 heterocycles. The van der Waals surface area contributed by atoms with E-state index in [1.54, 1.807) is 4.68 Å². The predicted molar refractivity (Wildman–Crippen MR) is 120 cm³/mol. The molecule has 0 fully saturated rings. The van der Waals surface area contributed by atoms with Crippen molar-refractivity contribution >= 4 is 26.7 Å². The van der Waals surface area contributed by atoms with Gasteiger partial charge in [-0.15, -0.1) is 0 Å². The van der Waals surface area contributed by atoms with Crippen LogP contribution in [-0.2, 0) is 29.4 Å². The fraction of sp³-hybridized carbons (Fsp3) is 0.217. The SMILES string of the molecule is N[C@H]1CCc2cccc(Cn3ncc4cc(S(=O)(=O)Nc5cccc(F)n5)c(F)cc43)c2C1. The van der Waals surface area contributed by atoms with Crippen molar-refractivity contribution in [3.8, 4) is 0 Å². The van der Waals surface area contributed by atoms with E-state index in [1.807, 2.05) is 12.1 Å². The van der Waals surface area contributed by atoms with E-state index in [2.05, 4.69) is 20.9 Å². The smallest absolute Gasteiger partial charge is 0.265 e. The maximum Gasteiger partial charge on any atom is 0.265 e. The summed E-state index contributed by atoms with van der Waals surface area (Å²) in [5.74, 6) is -2.03. The number of hydrogen-bond donors (Lipinski definition) is 2. The van der Waals surface area contributed by atoms with Gasteiger partial charge in [-0.2, -0.15) is 9.49 Å². The molecule has 0 saturated carbocycles. The molecule has 0 radical (unpaired) electrons. The van der Waals surface area contributed by atoms with Crippen molar-refractivity contribution in [2.75, 3.05) is 4.72 Å². The Morgan fingerprint density at radius 2 is 1.97 bits per heavy atom. The van der Waals surface area contributed by atoms with Crippen molar-refractivity contribution in [2.45, 2.75) is 36.7 Å². The Morgan fingerprint density at radius 1 is 1.15 bits per heavy atom. The van der Waals surface area contributed by atoms with Crippen LogP contribution in [0.3, 0.4) is 0 Å². The van der Waals surface area contributed by atoms with Crippen LogP contribution in [0.15, 0.2) is 59.6 Å². The van der Waals surface area contributed by atoms with Crippen LogP contribution in [0.5, 0.6) is 0 Å². The molecule has 7 nitrogen and oxygen atoms in total. The second kappa shape index (κ2) is 8.20. The van der Waals surface area contributed by atoms with Crippen LogP contribution < -0.4 is 10.5 Å². The van der Waals surface area contributed by atoms with Crippen LogP contribution >= 0.6 is 0 Å². The van der Waals surface area contributed by atoms with E-state index < -0.39 is 26.7 Å². The zero-order valence-electron chi connectivity index (χ0n) is 17.5. The average molecular weight is 470 g/mol. The molecule has 33 heavy (non-hydrogen) atoms. The van der Waals surface area contributed by atoms with E-state index in [1.165, 1.54) is 35.5 Å². The first-order valence-corrected chi connectivity index (χ1v) is 11.9. The molecule has 1 aliphatic carbocycles. The summed E-state index contributed by atoms with van der Waals surface area (Å²) in [6, 6.07) is 12.2. The van der Waals surface area contributed by atoms with Gasteiger partial charge in [-0.05, 0) is 54.2 Å². The minimum atomic E-state index is -4.33. The van der Waals surface area contributed by atoms with Gasteiger partial charge >= 0.3 is 0 Å². The van der Waals surface area contributed by atoms with Gasteiger partial charge in [0, 0.05) is 17.5 Å². The molecule has 1 atom stereocenters. The minimum Gasteiger partial charge on any atom is -0.327 e. The molecule has 4 aromatic rings. The van der Waals surface area contributed by atoms with E-state index in [9.17, 15) is 17.2 Å². The first-order chi connectivity index (χ1) is 15.8. The molecule has 170 valence electrons. The zero-order valence-corrected chi connectivity index (χ0v) is 18.3. The molecule has 0 bridgehead atoms. The summed E-state index contributed by atoms with van der Waals surface area (Å²) in [5, 5.41) is 4.82. The summed E-state index contributed by atoms with van der Waals surface area (Å²) in [5.41, 5.74) is 10.2. The number of halogens is 2. The fourth-order valence-electron chi connectivity index (χ4n) is 4.27. The molecule has 2 aromatic heterocycles. The number of fused-ring (bicyclic) bond motifs is 2. The lowest BCUT2D eigenvalue weighted by Gasteiger charge is -2.24. The molecule has 2 aromatic carbocycles. The highest BCUT2D eigenvalue weighted by atomic mass is 32.2. The number of aryl methyl sites for hydroxylation is 1. The van der Waals surface area contributed by atoms with Gasteiger partial charge in [0.15, 0.2) is 0 Å². The highest BCUT2D eigenvalue weighted by Gasteiger charge is 2.23. The van der Waals surface area contributed by atoms with Crippen molar-refractivity contribution in [1.29, 1.82) is 0 Å². The van der Waals surface area contributed by atoms with Gasteiger partial charge in [-0.1, -0.05) is 24.3 Å². The number of aromatic nitrogens is 3. The summed E-state index contributed by atoms with van der Waals surface area (Å²) >= 11 is 0. The fourth-order valence-corrected chi connectivity index (χ4v) is 5.36. The van der Waals surface area contributed by atoms with E-state index in [0.29, 0.717) is 17.4 Å². The van der Waals surface area contributed by atoms with Crippen LogP contribution in [0.4, 0.5) is 14.6 Å². The zero-order chi connectivity index (χ0) is 23.2. The third-order valence-electron chi connectivity index (χ3n) is 5.88. The first-order valence-electron chi connectivity index (χ1n) is 10.5. The van der Waals surface area contributed by atoms with Gasteiger partial charge in [-0.3, -0.25) is 9.40 Å². The van der Waals surface area contributed by atoms with E-state index in [0.717, 1.165) is 37.0 Å². The molecule has 0 unspecified atom stereocenters. The maximum atomic E-state index is 14.9. The number of sulfonamides is 1. The number of rotatable bonds is 5. The Kier molecular flexibility index (Phi) is 5.34. The monoisotopic (exact) mass is 469 g/mol. The topological polar surface area (TPSA) is 103 Å². The van der Waals surface area contributed by atoms with Gasteiger partial charge < -0.3 is 5.73 Å². The second-order valence-electron chi connectivity index (χ2n) is 8.15. The van der Waals surface area contributed by atoms with Gasteiger partial charge in [0.2, 0.25) is 5.95 Å². The summed E-state index contributed by atoms with van der Waals surface area (Å²) in [6.45, 7) is 0.413. The Labute approximate surface area is 189 Å². The van der Waals surface area contributed by atoms with Crippen LogP contribution in [0.2, 0.25) is 0 Å². The molecule has 0 spiro atoms. The lowest BCUT2D eigenvalue weighted by molar-refractivity contribution is 0.567. The number of nitrogens with two attached hydrogens (primary N) is 1. The number of hydrogen-bond acceptors (Lipinski definition) is 5. The van der Waals surface area contributed by atoms with Crippen LogP contribution in [0.1, 0.15) is 23.1 Å². The molecular weight excluding hydrogens is 448 g/mol. The lowest BCUT2D eigenvalue weighted by Crippen LogP contribution is -2.29. The largest absolute Gasteiger partial charge is 0.327 e. The summed E-state index contributed by atoms with van der Waals surface area (Å²) in [6.07, 6.45) is 4.15. The van der Waals surface area contributed by atoms with Gasteiger partial charge in [0.25, 0.3) is 10.0 Å². The Hall–Kier alpha value is -3.37. The van der Waals surface area contributed by atoms with Crippen LogP contribution in [0.25, 0.3) is 10.9 Å². The average Bonchev–Trinajstić information content (AvgIpc) is 3.15. The summed E-state index contributed by atoms with van der Waals surface area (Å²) in [4.78, 5) is 2.90. The van der Waals surface area contributed by atoms with Crippen molar-refractivity contribution in [3.63, 3.8) is 0 Å². The number of benzene rings is 2. The van der Waals surface area contributed by atoms with Gasteiger partial charge in [-0.25, -0.2) is 17.8 Å². The van der Waals surface area contributed by atoms with Gasteiger partial charge in [0.05, 0.1) is 18.3 Å². The highest BCUT2D eigenvalue weighted by molar-refractivity contribution is 7.92. The van der Waals surface area contributed by atoms with Crippen molar-refractivity contribution in [2.24, 2.45) is 5.73 Å². The maximum absolute atomic E-state index is 14.9. The van der Waals surface area contributed by atoms with Crippen molar-refractivity contribution in [3.05, 3.63) is 83.2 Å². The lowest BCUT2D eigenvalue weighted by atomic mass is 9.86. The predicted octanol–water partition coefficient (Wildman–Crippen LogP) is 3.37. The van der Waals surface area contributed by atoms with Crippen molar-refractivity contribution < 1.29 is 17.2 Å². The van der Waals surface area contributed by atoms with E-state index in [4.69, 9.17) is 5.73 Å².